The molecule has 1 heterocycles. The third kappa shape index (κ3) is 44.1. The van der Waals surface area contributed by atoms with Crippen molar-refractivity contribution in [2.24, 2.45) is 0 Å². The average molecular weight is 1070 g/mol. The minimum absolute atomic E-state index is 0.0352. The molecule has 74 heavy (non-hydrogen) atoms. The van der Waals surface area contributed by atoms with Crippen molar-refractivity contribution >= 4 is 16.4 Å². The van der Waals surface area contributed by atoms with Gasteiger partial charge < -0.3 is 34.3 Å². The predicted octanol–water partition coefficient (Wildman–Crippen LogP) is 15.4. The first-order chi connectivity index (χ1) is 36.1. The van der Waals surface area contributed by atoms with Gasteiger partial charge in [0.2, 0.25) is 0 Å². The Morgan fingerprint density at radius 2 is 0.892 bits per heavy atom. The van der Waals surface area contributed by atoms with Crippen molar-refractivity contribution in [1.29, 1.82) is 0 Å². The highest BCUT2D eigenvalue weighted by atomic mass is 32.3. The van der Waals surface area contributed by atoms with Gasteiger partial charge in [-0.1, -0.05) is 236 Å². The third-order valence-electron chi connectivity index (χ3n) is 13.9. The molecule has 1 aliphatic rings. The number of carbonyl (C=O) groups is 1. The van der Waals surface area contributed by atoms with E-state index < -0.39 is 59.8 Å². The zero-order valence-corrected chi connectivity index (χ0v) is 48.0. The van der Waals surface area contributed by atoms with Gasteiger partial charge in [0.05, 0.1) is 19.8 Å². The molecule has 13 heteroatoms. The van der Waals surface area contributed by atoms with Crippen LogP contribution in [0.25, 0.3) is 0 Å². The van der Waals surface area contributed by atoms with Crippen LogP contribution >= 0.6 is 0 Å². The summed E-state index contributed by atoms with van der Waals surface area (Å²) in [5.41, 5.74) is 0. The lowest BCUT2D eigenvalue weighted by Crippen LogP contribution is -2.60. The van der Waals surface area contributed by atoms with Crippen LogP contribution in [0.3, 0.4) is 0 Å². The Balaban J connectivity index is 2.28. The number of rotatable bonds is 54. The first-order valence-electron chi connectivity index (χ1n) is 30.4. The molecule has 0 amide bonds. The highest BCUT2D eigenvalue weighted by Gasteiger charge is 2.48. The van der Waals surface area contributed by atoms with E-state index in [0.717, 1.165) is 51.4 Å². The second kappa shape index (κ2) is 51.8. The van der Waals surface area contributed by atoms with E-state index in [1.807, 2.05) is 0 Å². The summed E-state index contributed by atoms with van der Waals surface area (Å²) in [6, 6.07) is 0. The molecule has 1 saturated heterocycles. The molecule has 0 radical (unpaired) electrons. The number of esters is 1. The number of ether oxygens (including phenoxy) is 4. The van der Waals surface area contributed by atoms with Gasteiger partial charge in [-0.3, -0.25) is 9.35 Å². The number of aliphatic hydroxyl groups excluding tert-OH is 3. The molecule has 0 aromatic rings. The summed E-state index contributed by atoms with van der Waals surface area (Å²) in [4.78, 5) is 13.0. The van der Waals surface area contributed by atoms with Crippen molar-refractivity contribution in [3.05, 3.63) is 48.6 Å². The van der Waals surface area contributed by atoms with Crippen LogP contribution in [0.5, 0.6) is 0 Å². The predicted molar refractivity (Wildman–Crippen MR) is 303 cm³/mol. The Labute approximate surface area is 453 Å². The maximum Gasteiger partial charge on any atom is 0.397 e. The maximum atomic E-state index is 13.0. The molecule has 434 valence electrons. The summed E-state index contributed by atoms with van der Waals surface area (Å²) in [7, 11) is -5.07. The van der Waals surface area contributed by atoms with Gasteiger partial charge in [-0.2, -0.15) is 8.42 Å². The lowest BCUT2D eigenvalue weighted by molar-refractivity contribution is -0.301. The van der Waals surface area contributed by atoms with E-state index in [1.54, 1.807) is 0 Å². The van der Waals surface area contributed by atoms with E-state index in [9.17, 15) is 33.1 Å². The fourth-order valence-corrected chi connectivity index (χ4v) is 9.83. The average Bonchev–Trinajstić information content (AvgIpc) is 3.38. The van der Waals surface area contributed by atoms with Crippen molar-refractivity contribution in [3.8, 4) is 0 Å². The standard InChI is InChI=1S/C61H112O12S/c1-3-5-7-9-11-13-15-17-19-21-23-25-27-29-31-33-35-37-39-41-43-45-47-49-51-69-53-55(54-70-61-59(65)60(73-74(66,67)68)58(64)56(52-62)72-61)71-57(63)50-48-46-44-42-40-38-36-34-32-30-28-26-24-22-20-18-16-14-12-10-8-6-4-2/h15-18,21-24,55-56,58-62,64-65H,3-14,19-20,25-54H2,1-2H3,(H,66,67,68)/b17-15-,18-16-,23-21-,24-22-. The molecule has 0 bridgehead atoms. The van der Waals surface area contributed by atoms with Crippen LogP contribution in [-0.4, -0.2) is 97.5 Å². The van der Waals surface area contributed by atoms with Gasteiger partial charge in [-0.15, -0.1) is 0 Å². The Morgan fingerprint density at radius 3 is 1.28 bits per heavy atom. The van der Waals surface area contributed by atoms with Crippen molar-refractivity contribution in [2.75, 3.05) is 26.4 Å². The molecular weight excluding hydrogens is 957 g/mol. The molecule has 0 aromatic heterocycles. The number of aliphatic hydroxyl groups is 3. The number of carbonyl (C=O) groups excluding carboxylic acids is 1. The molecule has 1 rings (SSSR count). The summed E-state index contributed by atoms with van der Waals surface area (Å²) in [5.74, 6) is -0.398. The fraction of sp³-hybridized carbons (Fsp3) is 0.852. The first-order valence-corrected chi connectivity index (χ1v) is 31.8. The minimum atomic E-state index is -5.07. The molecule has 1 aliphatic heterocycles. The Bertz CT molecular complexity index is 1470. The summed E-state index contributed by atoms with van der Waals surface area (Å²) < 4.78 is 59.5. The van der Waals surface area contributed by atoms with Gasteiger partial charge in [-0.05, 0) is 77.0 Å². The van der Waals surface area contributed by atoms with Crippen LogP contribution in [0.4, 0.5) is 0 Å². The maximum absolute atomic E-state index is 13.0. The zero-order chi connectivity index (χ0) is 53.8. The van der Waals surface area contributed by atoms with Crippen LogP contribution < -0.4 is 0 Å². The SMILES string of the molecule is CCCCCCC/C=C\C/C=C\CCCCCCCCCCCCCCOCC(COC1OC(CO)C(O)C(OS(=O)(=O)O)C1O)OC(=O)CCCCCCCCCCCCC/C=C\C/C=C\CCCCCCC. The van der Waals surface area contributed by atoms with Gasteiger partial charge >= 0.3 is 16.4 Å². The second-order valence-corrected chi connectivity index (χ2v) is 22.0. The normalized spacial score (nSPS) is 19.0. The van der Waals surface area contributed by atoms with Crippen molar-refractivity contribution in [1.82, 2.24) is 0 Å². The lowest BCUT2D eigenvalue weighted by atomic mass is 9.99. The van der Waals surface area contributed by atoms with Crippen LogP contribution in [0.2, 0.25) is 0 Å². The molecule has 12 nitrogen and oxygen atoms in total. The summed E-state index contributed by atoms with van der Waals surface area (Å²) in [6.45, 7) is 4.01. The Kier molecular flexibility index (Phi) is 49.0. The topological polar surface area (TPSA) is 178 Å². The van der Waals surface area contributed by atoms with Crippen LogP contribution in [-0.2, 0) is 38.3 Å². The van der Waals surface area contributed by atoms with Gasteiger partial charge in [0.15, 0.2) is 6.29 Å². The Morgan fingerprint density at radius 1 is 0.514 bits per heavy atom. The second-order valence-electron chi connectivity index (χ2n) is 20.9. The molecule has 0 aromatic carbocycles. The highest BCUT2D eigenvalue weighted by molar-refractivity contribution is 7.80. The van der Waals surface area contributed by atoms with Gasteiger partial charge in [0, 0.05) is 13.0 Å². The van der Waals surface area contributed by atoms with E-state index in [2.05, 4.69) is 66.6 Å². The van der Waals surface area contributed by atoms with Gasteiger partial charge in [-0.25, -0.2) is 4.18 Å². The monoisotopic (exact) mass is 1070 g/mol. The zero-order valence-electron chi connectivity index (χ0n) is 47.2. The van der Waals surface area contributed by atoms with Crippen molar-refractivity contribution in [2.45, 2.75) is 307 Å². The summed E-state index contributed by atoms with van der Waals surface area (Å²) in [5, 5.41) is 30.9. The molecule has 0 spiro atoms. The van der Waals surface area contributed by atoms with Crippen LogP contribution in [0.1, 0.15) is 271 Å². The highest BCUT2D eigenvalue weighted by Crippen LogP contribution is 2.26. The largest absolute Gasteiger partial charge is 0.457 e. The van der Waals surface area contributed by atoms with E-state index in [-0.39, 0.29) is 19.6 Å². The van der Waals surface area contributed by atoms with E-state index in [1.165, 1.54) is 193 Å². The number of hydrogen-bond donors (Lipinski definition) is 4. The minimum Gasteiger partial charge on any atom is -0.457 e. The molecule has 6 atom stereocenters. The molecule has 0 aliphatic carbocycles. The van der Waals surface area contributed by atoms with Gasteiger partial charge in [0.25, 0.3) is 0 Å². The lowest BCUT2D eigenvalue weighted by Gasteiger charge is -2.41. The quantitative estimate of drug-likeness (QED) is 0.0196. The molecule has 6 unspecified atom stereocenters. The number of unbranched alkanes of at least 4 members (excludes halogenated alkanes) is 33. The molecule has 4 N–H and O–H groups in total. The summed E-state index contributed by atoms with van der Waals surface area (Å²) in [6.07, 6.45) is 57.2. The third-order valence-corrected chi connectivity index (χ3v) is 14.4. The van der Waals surface area contributed by atoms with Crippen LogP contribution in [0, 0.1) is 0 Å². The number of hydrogen-bond acceptors (Lipinski definition) is 11. The fourth-order valence-electron chi connectivity index (χ4n) is 9.32. The first kappa shape index (κ1) is 70.1. The van der Waals surface area contributed by atoms with Gasteiger partial charge in [0.1, 0.15) is 30.5 Å². The molecule has 1 fully saturated rings. The number of allylic oxidation sites excluding steroid dienone is 8. The smallest absolute Gasteiger partial charge is 0.397 e. The van der Waals surface area contributed by atoms with E-state index in [4.69, 9.17) is 18.9 Å². The van der Waals surface area contributed by atoms with Crippen molar-refractivity contribution in [3.63, 3.8) is 0 Å². The molecule has 0 saturated carbocycles. The summed E-state index contributed by atoms with van der Waals surface area (Å²) >= 11 is 0. The van der Waals surface area contributed by atoms with Crippen molar-refractivity contribution < 1.29 is 56.2 Å². The van der Waals surface area contributed by atoms with E-state index in [0.29, 0.717) is 13.0 Å². The van der Waals surface area contributed by atoms with Crippen LogP contribution in [0.15, 0.2) is 48.6 Å². The molecular formula is C61H112O12S. The Hall–Kier alpha value is -1.94. The van der Waals surface area contributed by atoms with E-state index >= 15 is 0 Å².